The zero-order valence-electron chi connectivity index (χ0n) is 24.8. The van der Waals surface area contributed by atoms with Crippen molar-refractivity contribution in [3.05, 3.63) is 53.6 Å². The number of carbonyl (C=O) groups excluding carboxylic acids is 4. The summed E-state index contributed by atoms with van der Waals surface area (Å²) in [6.45, 7) is 10.3. The molecule has 0 aromatic heterocycles. The number of nitrogens with one attached hydrogen (secondary N) is 2. The van der Waals surface area contributed by atoms with Crippen molar-refractivity contribution in [1.82, 2.24) is 10.2 Å². The van der Waals surface area contributed by atoms with E-state index in [1.807, 2.05) is 6.92 Å². The summed E-state index contributed by atoms with van der Waals surface area (Å²) in [6, 6.07) is 8.54. The molecular formula is C30H42N4O7. The molecule has 224 valence electrons. The maximum Gasteiger partial charge on any atom is 0.408 e. The van der Waals surface area contributed by atoms with Gasteiger partial charge in [0.1, 0.15) is 29.2 Å². The summed E-state index contributed by atoms with van der Waals surface area (Å²) in [7, 11) is 1.53. The van der Waals surface area contributed by atoms with Crippen LogP contribution in [-0.4, -0.2) is 58.6 Å². The minimum atomic E-state index is -1.30. The summed E-state index contributed by atoms with van der Waals surface area (Å²) in [5.41, 5.74) is 5.69. The highest BCUT2D eigenvalue weighted by Gasteiger charge is 2.40. The number of methoxy groups -OCH3 is 1. The Morgan fingerprint density at radius 1 is 1.07 bits per heavy atom. The molecule has 0 saturated heterocycles. The fourth-order valence-electron chi connectivity index (χ4n) is 4.17. The van der Waals surface area contributed by atoms with Gasteiger partial charge in [-0.2, -0.15) is 0 Å². The van der Waals surface area contributed by atoms with Crippen LogP contribution in [0.2, 0.25) is 0 Å². The van der Waals surface area contributed by atoms with Crippen LogP contribution in [0, 0.1) is 6.92 Å². The molecule has 11 heteroatoms. The Morgan fingerprint density at radius 3 is 2.24 bits per heavy atom. The van der Waals surface area contributed by atoms with Crippen LogP contribution in [-0.2, 0) is 19.1 Å². The fourth-order valence-corrected chi connectivity index (χ4v) is 4.17. The van der Waals surface area contributed by atoms with Crippen LogP contribution >= 0.6 is 0 Å². The van der Waals surface area contributed by atoms with Crippen molar-refractivity contribution in [2.24, 2.45) is 5.73 Å². The lowest BCUT2D eigenvalue weighted by molar-refractivity contribution is -0.143. The second-order valence-corrected chi connectivity index (χ2v) is 10.8. The van der Waals surface area contributed by atoms with Gasteiger partial charge in [0.25, 0.3) is 5.91 Å². The van der Waals surface area contributed by atoms with Crippen LogP contribution in [0.25, 0.3) is 0 Å². The molecule has 41 heavy (non-hydrogen) atoms. The lowest BCUT2D eigenvalue weighted by Crippen LogP contribution is -2.55. The van der Waals surface area contributed by atoms with Gasteiger partial charge >= 0.3 is 6.09 Å². The number of para-hydroxylation sites is 1. The number of amides is 4. The molecule has 0 bridgehead atoms. The molecule has 11 nitrogen and oxygen atoms in total. The van der Waals surface area contributed by atoms with Gasteiger partial charge in [-0.25, -0.2) is 4.79 Å². The first-order valence-corrected chi connectivity index (χ1v) is 13.5. The monoisotopic (exact) mass is 570 g/mol. The molecule has 2 aromatic carbocycles. The summed E-state index contributed by atoms with van der Waals surface area (Å²) in [5.74, 6) is -1.43. The van der Waals surface area contributed by atoms with Crippen molar-refractivity contribution in [3.8, 4) is 11.5 Å². The number of nitrogens with zero attached hydrogens (tertiary/aromatic N) is 1. The van der Waals surface area contributed by atoms with Gasteiger partial charge in [0.05, 0.1) is 7.11 Å². The predicted molar refractivity (Wildman–Crippen MR) is 155 cm³/mol. The van der Waals surface area contributed by atoms with Crippen LogP contribution in [0.1, 0.15) is 71.0 Å². The van der Waals surface area contributed by atoms with Gasteiger partial charge < -0.3 is 35.8 Å². The van der Waals surface area contributed by atoms with Gasteiger partial charge in [-0.15, -0.1) is 0 Å². The van der Waals surface area contributed by atoms with E-state index in [9.17, 15) is 24.3 Å². The van der Waals surface area contributed by atoms with E-state index in [0.29, 0.717) is 23.4 Å². The topological polar surface area (TPSA) is 160 Å². The lowest BCUT2D eigenvalue weighted by Gasteiger charge is -2.38. The smallest absolute Gasteiger partial charge is 0.408 e. The second-order valence-electron chi connectivity index (χ2n) is 10.8. The van der Waals surface area contributed by atoms with Gasteiger partial charge in [0, 0.05) is 23.7 Å². The molecule has 0 radical (unpaired) electrons. The molecule has 2 aromatic rings. The van der Waals surface area contributed by atoms with Crippen molar-refractivity contribution >= 4 is 29.5 Å². The number of ether oxygens (including phenoxy) is 2. The third kappa shape index (κ3) is 9.40. The number of alkyl carbamates (subject to hydrolysis) is 1. The molecule has 4 amide bonds. The third-order valence-electron chi connectivity index (χ3n) is 6.44. The van der Waals surface area contributed by atoms with Gasteiger partial charge in [0.15, 0.2) is 0 Å². The van der Waals surface area contributed by atoms with Crippen LogP contribution in [0.4, 0.5) is 10.5 Å². The van der Waals surface area contributed by atoms with Gasteiger partial charge in [-0.1, -0.05) is 25.1 Å². The first-order valence-electron chi connectivity index (χ1n) is 13.5. The average Bonchev–Trinajstić information content (AvgIpc) is 2.90. The number of hydrogen-bond acceptors (Lipinski definition) is 7. The van der Waals surface area contributed by atoms with Gasteiger partial charge in [0.2, 0.25) is 11.8 Å². The first kappa shape index (κ1) is 32.9. The van der Waals surface area contributed by atoms with Crippen molar-refractivity contribution in [2.45, 2.75) is 84.5 Å². The standard InChI is InChI=1S/C30H42N4O7/c1-8-19(3)34(28(38)23(16-17-24(31)35)33-29(39)41-30(4,5)6)25(22-11-9-10-18(2)26(22)36)27(37)32-20-12-14-21(40-7)15-13-20/h9-15,19,23,25,36H,8,16-17H2,1-7H3,(H2,31,35)(H,32,37)(H,33,39). The number of rotatable bonds is 12. The Balaban J connectivity index is 2.62. The number of phenolic OH excluding ortho intramolecular Hbond substituents is 1. The predicted octanol–water partition coefficient (Wildman–Crippen LogP) is 4.17. The van der Waals surface area contributed by atoms with E-state index in [0.717, 1.165) is 0 Å². The first-order chi connectivity index (χ1) is 19.2. The lowest BCUT2D eigenvalue weighted by atomic mass is 9.96. The number of anilines is 1. The van der Waals surface area contributed by atoms with Gasteiger partial charge in [-0.05, 0) is 77.3 Å². The van der Waals surface area contributed by atoms with Crippen molar-refractivity contribution in [1.29, 1.82) is 0 Å². The number of carbonyl (C=O) groups is 4. The summed E-state index contributed by atoms with van der Waals surface area (Å²) in [4.78, 5) is 53.9. The van der Waals surface area contributed by atoms with Crippen LogP contribution in [0.3, 0.4) is 0 Å². The average molecular weight is 571 g/mol. The van der Waals surface area contributed by atoms with E-state index in [4.69, 9.17) is 15.2 Å². The number of aromatic hydroxyl groups is 1. The number of nitrogens with two attached hydrogens (primary N) is 1. The quantitative estimate of drug-likeness (QED) is 0.298. The molecular weight excluding hydrogens is 528 g/mol. The molecule has 3 unspecified atom stereocenters. The van der Waals surface area contributed by atoms with Crippen LogP contribution in [0.5, 0.6) is 11.5 Å². The summed E-state index contributed by atoms with van der Waals surface area (Å²) >= 11 is 0. The normalized spacial score (nSPS) is 13.3. The van der Waals surface area contributed by atoms with Crippen molar-refractivity contribution in [2.75, 3.05) is 12.4 Å². The van der Waals surface area contributed by atoms with E-state index in [1.165, 1.54) is 12.0 Å². The van der Waals surface area contributed by atoms with E-state index < -0.39 is 47.5 Å². The highest BCUT2D eigenvalue weighted by atomic mass is 16.6. The minimum Gasteiger partial charge on any atom is -0.507 e. The maximum atomic E-state index is 14.2. The molecule has 3 atom stereocenters. The number of hydrogen-bond donors (Lipinski definition) is 4. The van der Waals surface area contributed by atoms with Crippen molar-refractivity contribution in [3.63, 3.8) is 0 Å². The zero-order chi connectivity index (χ0) is 30.9. The molecule has 5 N–H and O–H groups in total. The van der Waals surface area contributed by atoms with E-state index in [-0.39, 0.29) is 24.2 Å². The Labute approximate surface area is 241 Å². The Bertz CT molecular complexity index is 1220. The highest BCUT2D eigenvalue weighted by Crippen LogP contribution is 2.35. The van der Waals surface area contributed by atoms with E-state index in [1.54, 1.807) is 77.1 Å². The Morgan fingerprint density at radius 2 is 1.71 bits per heavy atom. The van der Waals surface area contributed by atoms with Crippen LogP contribution < -0.4 is 21.1 Å². The molecule has 0 aliphatic carbocycles. The number of primary amides is 1. The molecule has 0 aliphatic rings. The van der Waals surface area contributed by atoms with Crippen LogP contribution in [0.15, 0.2) is 42.5 Å². The molecule has 2 rings (SSSR count). The van der Waals surface area contributed by atoms with E-state index in [2.05, 4.69) is 10.6 Å². The van der Waals surface area contributed by atoms with Crippen molar-refractivity contribution < 1.29 is 33.8 Å². The second kappa shape index (κ2) is 14.4. The summed E-state index contributed by atoms with van der Waals surface area (Å²) in [5, 5.41) is 16.4. The highest BCUT2D eigenvalue weighted by molar-refractivity contribution is 5.99. The zero-order valence-corrected chi connectivity index (χ0v) is 24.8. The molecule has 0 fully saturated rings. The third-order valence-corrected chi connectivity index (χ3v) is 6.44. The number of benzene rings is 2. The Hall–Kier alpha value is -4.28. The minimum absolute atomic E-state index is 0.118. The Kier molecular flexibility index (Phi) is 11.5. The molecule has 0 spiro atoms. The fraction of sp³-hybridized carbons (Fsp3) is 0.467. The SMILES string of the molecule is CCC(C)N(C(=O)C(CCC(N)=O)NC(=O)OC(C)(C)C)C(C(=O)Nc1ccc(OC)cc1)c1cccc(C)c1O. The van der Waals surface area contributed by atoms with E-state index >= 15 is 0 Å². The molecule has 0 heterocycles. The molecule has 0 saturated carbocycles. The molecule has 0 aliphatic heterocycles. The number of aryl methyl sites for hydroxylation is 1. The van der Waals surface area contributed by atoms with Gasteiger partial charge in [-0.3, -0.25) is 14.4 Å². The number of phenols is 1. The summed E-state index contributed by atoms with van der Waals surface area (Å²) < 4.78 is 10.5. The maximum absolute atomic E-state index is 14.2. The largest absolute Gasteiger partial charge is 0.507 e. The summed E-state index contributed by atoms with van der Waals surface area (Å²) in [6.07, 6.45) is -0.729.